The molecule has 1 heterocycles. The summed E-state index contributed by atoms with van der Waals surface area (Å²) in [7, 11) is 1.45. The third kappa shape index (κ3) is 1.37. The highest BCUT2D eigenvalue weighted by Gasteiger charge is 2.53. The number of carboxylic acids is 1. The maximum atomic E-state index is 11.2. The van der Waals surface area contributed by atoms with Crippen molar-refractivity contribution in [2.75, 3.05) is 7.11 Å². The van der Waals surface area contributed by atoms with Crippen molar-refractivity contribution >= 4 is 5.97 Å². The van der Waals surface area contributed by atoms with E-state index in [0.29, 0.717) is 18.6 Å². The number of nitrogens with two attached hydrogens (primary N) is 1. The van der Waals surface area contributed by atoms with Crippen molar-refractivity contribution in [1.82, 2.24) is 5.16 Å². The molecule has 0 aliphatic heterocycles. The molecule has 0 unspecified atom stereocenters. The lowest BCUT2D eigenvalue weighted by Crippen LogP contribution is -2.53. The third-order valence-electron chi connectivity index (χ3n) is 2.80. The van der Waals surface area contributed by atoms with Gasteiger partial charge in [-0.2, -0.15) is 0 Å². The average Bonchev–Trinajstić information content (AvgIpc) is 2.60. The predicted molar refractivity (Wildman–Crippen MR) is 49.6 cm³/mol. The molecule has 6 nitrogen and oxygen atoms in total. The second kappa shape index (κ2) is 3.23. The number of nitrogens with zero attached hydrogens (tertiary/aromatic N) is 1. The number of hydrogen-bond acceptors (Lipinski definition) is 5. The van der Waals surface area contributed by atoms with Crippen LogP contribution in [-0.4, -0.2) is 29.4 Å². The third-order valence-corrected chi connectivity index (χ3v) is 2.80. The quantitative estimate of drug-likeness (QED) is 0.738. The van der Waals surface area contributed by atoms with Gasteiger partial charge in [-0.15, -0.1) is 0 Å². The lowest BCUT2D eigenvalue weighted by molar-refractivity contribution is -0.149. The van der Waals surface area contributed by atoms with Crippen molar-refractivity contribution in [3.05, 3.63) is 11.8 Å². The van der Waals surface area contributed by atoms with Crippen LogP contribution in [0.25, 0.3) is 0 Å². The Kier molecular flexibility index (Phi) is 2.15. The van der Waals surface area contributed by atoms with Crippen molar-refractivity contribution in [2.24, 2.45) is 5.73 Å². The van der Waals surface area contributed by atoms with Crippen LogP contribution in [-0.2, 0) is 10.2 Å². The Labute approximate surface area is 86.0 Å². The van der Waals surface area contributed by atoms with E-state index in [1.807, 2.05) is 0 Å². The van der Waals surface area contributed by atoms with Crippen LogP contribution in [0.3, 0.4) is 0 Å². The minimum absolute atomic E-state index is 0.0859. The van der Waals surface area contributed by atoms with Crippen molar-refractivity contribution in [3.8, 4) is 5.88 Å². The van der Waals surface area contributed by atoms with Gasteiger partial charge < -0.3 is 20.1 Å². The van der Waals surface area contributed by atoms with Gasteiger partial charge in [0.2, 0.25) is 0 Å². The molecular weight excluding hydrogens is 200 g/mol. The van der Waals surface area contributed by atoms with Crippen LogP contribution in [0.4, 0.5) is 0 Å². The van der Waals surface area contributed by atoms with E-state index in [9.17, 15) is 4.79 Å². The first kappa shape index (κ1) is 9.97. The minimum atomic E-state index is -1.01. The normalized spacial score (nSPS) is 29.6. The minimum Gasteiger partial charge on any atom is -0.480 e. The molecule has 0 aromatic carbocycles. The first-order valence-electron chi connectivity index (χ1n) is 4.58. The Balaban J connectivity index is 2.30. The maximum absolute atomic E-state index is 11.2. The second-order valence-electron chi connectivity index (χ2n) is 3.79. The van der Waals surface area contributed by atoms with E-state index in [1.54, 1.807) is 0 Å². The number of rotatable bonds is 3. The number of carbonyl (C=O) groups is 1. The number of carboxylic acid groups (broad SMARTS) is 1. The molecule has 82 valence electrons. The zero-order valence-corrected chi connectivity index (χ0v) is 8.27. The number of ether oxygens (including phenoxy) is 1. The lowest BCUT2D eigenvalue weighted by Gasteiger charge is -2.40. The summed E-state index contributed by atoms with van der Waals surface area (Å²) in [6, 6.07) is 1.41. The molecule has 1 aliphatic rings. The van der Waals surface area contributed by atoms with E-state index in [4.69, 9.17) is 20.1 Å². The van der Waals surface area contributed by atoms with Gasteiger partial charge in [-0.25, -0.2) is 0 Å². The number of aromatic nitrogens is 1. The smallest absolute Gasteiger partial charge is 0.317 e. The van der Waals surface area contributed by atoms with Crippen LogP contribution in [0.5, 0.6) is 5.88 Å². The molecule has 1 saturated carbocycles. The first-order valence-corrected chi connectivity index (χ1v) is 4.58. The molecule has 3 N–H and O–H groups in total. The summed E-state index contributed by atoms with van der Waals surface area (Å²) in [4.78, 5) is 11.2. The molecule has 1 aromatic rings. The number of aliphatic carboxylic acids is 1. The molecule has 0 atom stereocenters. The molecule has 6 heteroatoms. The molecular formula is C9H12N2O4. The molecule has 2 rings (SSSR count). The van der Waals surface area contributed by atoms with E-state index in [0.717, 1.165) is 0 Å². The van der Waals surface area contributed by atoms with Crippen LogP contribution in [0.2, 0.25) is 0 Å². The summed E-state index contributed by atoms with van der Waals surface area (Å²) in [6.45, 7) is 0. The van der Waals surface area contributed by atoms with E-state index in [-0.39, 0.29) is 11.9 Å². The summed E-state index contributed by atoms with van der Waals surface area (Å²) in [5, 5.41) is 12.7. The van der Waals surface area contributed by atoms with Crippen LogP contribution < -0.4 is 10.5 Å². The Morgan fingerprint density at radius 1 is 1.80 bits per heavy atom. The van der Waals surface area contributed by atoms with E-state index in [1.165, 1.54) is 13.2 Å². The second-order valence-corrected chi connectivity index (χ2v) is 3.79. The first-order chi connectivity index (χ1) is 7.08. The zero-order valence-electron chi connectivity index (χ0n) is 8.27. The molecule has 0 bridgehead atoms. The summed E-state index contributed by atoms with van der Waals surface area (Å²) >= 11 is 0. The van der Waals surface area contributed by atoms with Gasteiger partial charge >= 0.3 is 5.97 Å². The summed E-state index contributed by atoms with van der Waals surface area (Å²) in [5.41, 5.74) is 4.60. The molecule has 1 aromatic heterocycles. The molecule has 0 radical (unpaired) electrons. The van der Waals surface area contributed by atoms with Crippen molar-refractivity contribution in [2.45, 2.75) is 24.3 Å². The number of methoxy groups -OCH3 is 1. The van der Waals surface area contributed by atoms with Gasteiger partial charge in [0.1, 0.15) is 5.41 Å². The van der Waals surface area contributed by atoms with Crippen molar-refractivity contribution in [1.29, 1.82) is 0 Å². The highest BCUT2D eigenvalue weighted by atomic mass is 16.5. The van der Waals surface area contributed by atoms with Gasteiger partial charge in [-0.1, -0.05) is 0 Å². The predicted octanol–water partition coefficient (Wildman–Crippen LogP) is 0.127. The van der Waals surface area contributed by atoms with Gasteiger partial charge in [0.15, 0.2) is 5.76 Å². The van der Waals surface area contributed by atoms with Gasteiger partial charge in [-0.3, -0.25) is 4.79 Å². The Hall–Kier alpha value is -1.56. The van der Waals surface area contributed by atoms with Crippen molar-refractivity contribution in [3.63, 3.8) is 0 Å². The fourth-order valence-corrected chi connectivity index (χ4v) is 1.90. The molecule has 1 aliphatic carbocycles. The van der Waals surface area contributed by atoms with Crippen LogP contribution in [0.1, 0.15) is 18.6 Å². The fraction of sp³-hybridized carbons (Fsp3) is 0.556. The summed E-state index contributed by atoms with van der Waals surface area (Å²) in [6.07, 6.45) is 0.751. The summed E-state index contributed by atoms with van der Waals surface area (Å²) in [5.74, 6) is -0.331. The molecule has 0 spiro atoms. The van der Waals surface area contributed by atoms with E-state index in [2.05, 4.69) is 5.16 Å². The number of hydrogen-bond donors (Lipinski definition) is 2. The SMILES string of the molecule is COc1cc(C2(C(=O)O)CC(N)C2)on1. The Morgan fingerprint density at radius 2 is 2.47 bits per heavy atom. The van der Waals surface area contributed by atoms with Crippen LogP contribution in [0.15, 0.2) is 10.6 Å². The average molecular weight is 212 g/mol. The van der Waals surface area contributed by atoms with Gasteiger partial charge in [-0.05, 0) is 18.0 Å². The van der Waals surface area contributed by atoms with E-state index >= 15 is 0 Å². The van der Waals surface area contributed by atoms with Gasteiger partial charge in [0, 0.05) is 12.1 Å². The molecule has 1 fully saturated rings. The van der Waals surface area contributed by atoms with Crippen LogP contribution in [0, 0.1) is 0 Å². The monoisotopic (exact) mass is 212 g/mol. The van der Waals surface area contributed by atoms with Gasteiger partial charge in [0.25, 0.3) is 5.88 Å². The Morgan fingerprint density at radius 3 is 2.87 bits per heavy atom. The zero-order chi connectivity index (χ0) is 11.1. The van der Waals surface area contributed by atoms with Crippen LogP contribution >= 0.6 is 0 Å². The largest absolute Gasteiger partial charge is 0.480 e. The maximum Gasteiger partial charge on any atom is 0.317 e. The van der Waals surface area contributed by atoms with E-state index < -0.39 is 11.4 Å². The van der Waals surface area contributed by atoms with Gasteiger partial charge in [0.05, 0.1) is 7.11 Å². The molecule has 0 saturated heterocycles. The highest BCUT2D eigenvalue weighted by molar-refractivity contribution is 5.82. The topological polar surface area (TPSA) is 98.6 Å². The fourth-order valence-electron chi connectivity index (χ4n) is 1.90. The molecule has 15 heavy (non-hydrogen) atoms. The highest BCUT2D eigenvalue weighted by Crippen LogP contribution is 2.44. The summed E-state index contributed by atoms with van der Waals surface area (Å²) < 4.78 is 9.80. The van der Waals surface area contributed by atoms with Crippen molar-refractivity contribution < 1.29 is 19.2 Å². The lowest BCUT2D eigenvalue weighted by atomic mass is 9.64. The standard InChI is InChI=1S/C9H12N2O4/c1-14-7-2-6(15-11-7)9(8(12)13)3-5(10)4-9/h2,5H,3-4,10H2,1H3,(H,12,13). The molecule has 0 amide bonds. The Bertz CT molecular complexity index is 381.